The Labute approximate surface area is 94.2 Å². The lowest BCUT2D eigenvalue weighted by molar-refractivity contribution is 0.0695. The van der Waals surface area contributed by atoms with E-state index in [2.05, 4.69) is 10.4 Å². The van der Waals surface area contributed by atoms with Crippen LogP contribution in [0.3, 0.4) is 0 Å². The van der Waals surface area contributed by atoms with Crippen molar-refractivity contribution in [2.45, 2.75) is 13.0 Å². The normalized spacial score (nSPS) is 10.6. The number of carbonyl (C=O) groups is 1. The third-order valence-corrected chi connectivity index (χ3v) is 2.29. The van der Waals surface area contributed by atoms with Crippen LogP contribution in [0.5, 0.6) is 0 Å². The number of nitrogens with one attached hydrogen (secondary N) is 1. The lowest BCUT2D eigenvalue weighted by atomic mass is 10.2. The number of aromatic carboxylic acids is 1. The van der Waals surface area contributed by atoms with Crippen LogP contribution < -0.4 is 5.32 Å². The lowest BCUT2D eigenvalue weighted by Crippen LogP contribution is -2.19. The van der Waals surface area contributed by atoms with Crippen molar-refractivity contribution in [2.24, 2.45) is 7.05 Å². The molecule has 2 N–H and O–H groups in total. The van der Waals surface area contributed by atoms with Gasteiger partial charge in [-0.3, -0.25) is 4.68 Å². The van der Waals surface area contributed by atoms with Gasteiger partial charge in [0.2, 0.25) is 0 Å². The van der Waals surface area contributed by atoms with Gasteiger partial charge in [-0.15, -0.1) is 0 Å². The zero-order chi connectivity index (χ0) is 12.0. The Morgan fingerprint density at radius 3 is 3.06 bits per heavy atom. The van der Waals surface area contributed by atoms with E-state index in [9.17, 15) is 4.79 Å². The average Bonchev–Trinajstić information content (AvgIpc) is 2.60. The van der Waals surface area contributed by atoms with Gasteiger partial charge in [0.05, 0.1) is 11.9 Å². The predicted molar refractivity (Wildman–Crippen MR) is 58.4 cm³/mol. The quantitative estimate of drug-likeness (QED) is 0.653. The molecule has 0 aliphatic rings. The third-order valence-electron chi connectivity index (χ3n) is 2.29. The van der Waals surface area contributed by atoms with Crippen molar-refractivity contribution in [3.8, 4) is 0 Å². The highest BCUT2D eigenvalue weighted by Crippen LogP contribution is 2.06. The standard InChI is InChI=1S/C10H17N3O3/c1-13-9(7-11-4-3-5-16-2)8(6-12-13)10(14)15/h6,11H,3-5,7H2,1-2H3,(H,14,15). The van der Waals surface area contributed by atoms with Crippen LogP contribution in [0.4, 0.5) is 0 Å². The zero-order valence-electron chi connectivity index (χ0n) is 9.56. The first-order valence-electron chi connectivity index (χ1n) is 5.10. The summed E-state index contributed by atoms with van der Waals surface area (Å²) >= 11 is 0. The molecular weight excluding hydrogens is 210 g/mol. The molecule has 0 bridgehead atoms. The first-order chi connectivity index (χ1) is 7.66. The van der Waals surface area contributed by atoms with Crippen molar-refractivity contribution >= 4 is 5.97 Å². The summed E-state index contributed by atoms with van der Waals surface area (Å²) in [6, 6.07) is 0. The molecule has 0 amide bonds. The number of ether oxygens (including phenoxy) is 1. The summed E-state index contributed by atoms with van der Waals surface area (Å²) in [5.74, 6) is -0.943. The van der Waals surface area contributed by atoms with Crippen molar-refractivity contribution < 1.29 is 14.6 Å². The first kappa shape index (κ1) is 12.7. The number of aromatic nitrogens is 2. The summed E-state index contributed by atoms with van der Waals surface area (Å²) < 4.78 is 6.49. The highest BCUT2D eigenvalue weighted by atomic mass is 16.5. The van der Waals surface area contributed by atoms with Crippen molar-refractivity contribution in [3.05, 3.63) is 17.5 Å². The molecule has 1 rings (SSSR count). The molecule has 0 radical (unpaired) electrons. The van der Waals surface area contributed by atoms with Gasteiger partial charge in [0.1, 0.15) is 5.56 Å². The molecule has 1 heterocycles. The highest BCUT2D eigenvalue weighted by Gasteiger charge is 2.13. The predicted octanol–water partition coefficient (Wildman–Crippen LogP) is 0.244. The fourth-order valence-electron chi connectivity index (χ4n) is 1.40. The number of nitrogens with zero attached hydrogens (tertiary/aromatic N) is 2. The van der Waals surface area contributed by atoms with E-state index in [0.717, 1.165) is 13.0 Å². The molecule has 0 spiro atoms. The Bertz CT molecular complexity index is 349. The van der Waals surface area contributed by atoms with Crippen LogP contribution >= 0.6 is 0 Å². The van der Waals surface area contributed by atoms with E-state index in [-0.39, 0.29) is 5.56 Å². The third kappa shape index (κ3) is 3.32. The number of methoxy groups -OCH3 is 1. The van der Waals surface area contributed by atoms with E-state index in [0.29, 0.717) is 18.8 Å². The summed E-state index contributed by atoms with van der Waals surface area (Å²) in [6.07, 6.45) is 2.27. The molecule has 6 nitrogen and oxygen atoms in total. The van der Waals surface area contributed by atoms with Gasteiger partial charge in [-0.05, 0) is 13.0 Å². The lowest BCUT2D eigenvalue weighted by Gasteiger charge is -2.06. The zero-order valence-corrected chi connectivity index (χ0v) is 9.56. The minimum absolute atomic E-state index is 0.252. The summed E-state index contributed by atoms with van der Waals surface area (Å²) in [7, 11) is 3.39. The second-order valence-corrected chi connectivity index (χ2v) is 3.46. The molecule has 1 aromatic heterocycles. The van der Waals surface area contributed by atoms with Gasteiger partial charge in [0.25, 0.3) is 0 Å². The van der Waals surface area contributed by atoms with Crippen LogP contribution in [-0.2, 0) is 18.3 Å². The van der Waals surface area contributed by atoms with Crippen molar-refractivity contribution in [1.29, 1.82) is 0 Å². The molecule has 0 saturated heterocycles. The Balaban J connectivity index is 2.46. The highest BCUT2D eigenvalue weighted by molar-refractivity contribution is 5.88. The van der Waals surface area contributed by atoms with Gasteiger partial charge < -0.3 is 15.2 Å². The van der Waals surface area contributed by atoms with Gasteiger partial charge in [-0.25, -0.2) is 4.79 Å². The van der Waals surface area contributed by atoms with Gasteiger partial charge in [-0.2, -0.15) is 5.10 Å². The molecule has 0 saturated carbocycles. The van der Waals surface area contributed by atoms with Crippen LogP contribution in [0.2, 0.25) is 0 Å². The van der Waals surface area contributed by atoms with E-state index in [1.54, 1.807) is 18.8 Å². The van der Waals surface area contributed by atoms with E-state index >= 15 is 0 Å². The molecule has 0 fully saturated rings. The van der Waals surface area contributed by atoms with E-state index in [1.807, 2.05) is 0 Å². The van der Waals surface area contributed by atoms with Gasteiger partial charge in [0.15, 0.2) is 0 Å². The van der Waals surface area contributed by atoms with E-state index in [1.165, 1.54) is 6.20 Å². The topological polar surface area (TPSA) is 76.4 Å². The smallest absolute Gasteiger partial charge is 0.339 e. The fourth-order valence-corrected chi connectivity index (χ4v) is 1.40. The first-order valence-corrected chi connectivity index (χ1v) is 5.10. The summed E-state index contributed by atoms with van der Waals surface area (Å²) in [4.78, 5) is 10.9. The maximum Gasteiger partial charge on any atom is 0.339 e. The largest absolute Gasteiger partial charge is 0.478 e. The minimum Gasteiger partial charge on any atom is -0.478 e. The fraction of sp³-hybridized carbons (Fsp3) is 0.600. The molecule has 0 aliphatic heterocycles. The Kier molecular flexibility index (Phi) is 4.94. The average molecular weight is 227 g/mol. The molecule has 16 heavy (non-hydrogen) atoms. The molecule has 90 valence electrons. The van der Waals surface area contributed by atoms with Crippen molar-refractivity contribution in [3.63, 3.8) is 0 Å². The summed E-state index contributed by atoms with van der Waals surface area (Å²) in [5, 5.41) is 16.0. The SMILES string of the molecule is COCCCNCc1c(C(=O)O)cnn1C. The molecule has 0 aromatic carbocycles. The van der Waals surface area contributed by atoms with Crippen LogP contribution in [0, 0.1) is 0 Å². The Morgan fingerprint density at radius 2 is 2.44 bits per heavy atom. The van der Waals surface area contributed by atoms with E-state index < -0.39 is 5.97 Å². The molecule has 0 atom stereocenters. The second-order valence-electron chi connectivity index (χ2n) is 3.46. The number of hydrogen-bond donors (Lipinski definition) is 2. The Morgan fingerprint density at radius 1 is 1.69 bits per heavy atom. The van der Waals surface area contributed by atoms with Gasteiger partial charge in [-0.1, -0.05) is 0 Å². The van der Waals surface area contributed by atoms with Crippen LogP contribution in [0.1, 0.15) is 22.5 Å². The minimum atomic E-state index is -0.943. The number of aryl methyl sites for hydroxylation is 1. The number of carboxylic acid groups (broad SMARTS) is 1. The maximum absolute atomic E-state index is 10.9. The summed E-state index contributed by atoms with van der Waals surface area (Å²) in [5.41, 5.74) is 0.937. The monoisotopic (exact) mass is 227 g/mol. The van der Waals surface area contributed by atoms with Crippen LogP contribution in [0.15, 0.2) is 6.20 Å². The second kappa shape index (κ2) is 6.24. The van der Waals surface area contributed by atoms with E-state index in [4.69, 9.17) is 9.84 Å². The van der Waals surface area contributed by atoms with Crippen LogP contribution in [0.25, 0.3) is 0 Å². The molecular formula is C10H17N3O3. The summed E-state index contributed by atoms with van der Waals surface area (Å²) in [6.45, 7) is 1.99. The van der Waals surface area contributed by atoms with Crippen molar-refractivity contribution in [1.82, 2.24) is 15.1 Å². The maximum atomic E-state index is 10.9. The van der Waals surface area contributed by atoms with Gasteiger partial charge >= 0.3 is 5.97 Å². The van der Waals surface area contributed by atoms with Gasteiger partial charge in [0, 0.05) is 27.3 Å². The number of rotatable bonds is 7. The molecule has 0 aliphatic carbocycles. The number of carboxylic acids is 1. The molecule has 1 aromatic rings. The van der Waals surface area contributed by atoms with Crippen LogP contribution in [-0.4, -0.2) is 41.1 Å². The molecule has 6 heteroatoms. The number of hydrogen-bond acceptors (Lipinski definition) is 4. The Hall–Kier alpha value is -1.40. The molecule has 0 unspecified atom stereocenters. The van der Waals surface area contributed by atoms with Crippen molar-refractivity contribution in [2.75, 3.05) is 20.3 Å².